The maximum absolute atomic E-state index is 11.9. The standard InChI is InChI=1S/C15H14N2O4/c1-10-13(9-17-21-10)15(20)16-8-12-4-2-3-11(7-12)5-6-14(18)19/h2-7,9H,8H2,1H3,(H,16,20)(H,18,19). The molecular formula is C15H14N2O4. The largest absolute Gasteiger partial charge is 0.478 e. The number of benzene rings is 1. The Morgan fingerprint density at radius 1 is 1.43 bits per heavy atom. The monoisotopic (exact) mass is 286 g/mol. The van der Waals surface area contributed by atoms with Gasteiger partial charge in [-0.25, -0.2) is 4.79 Å². The molecule has 2 rings (SSSR count). The molecule has 1 amide bonds. The smallest absolute Gasteiger partial charge is 0.328 e. The fourth-order valence-electron chi connectivity index (χ4n) is 1.77. The molecular weight excluding hydrogens is 272 g/mol. The van der Waals surface area contributed by atoms with Crippen molar-refractivity contribution < 1.29 is 19.2 Å². The van der Waals surface area contributed by atoms with Crippen LogP contribution < -0.4 is 5.32 Å². The molecule has 21 heavy (non-hydrogen) atoms. The number of aryl methyl sites for hydroxylation is 1. The van der Waals surface area contributed by atoms with Gasteiger partial charge in [-0.05, 0) is 30.2 Å². The normalized spacial score (nSPS) is 10.7. The highest BCUT2D eigenvalue weighted by molar-refractivity contribution is 5.94. The number of hydrogen-bond acceptors (Lipinski definition) is 4. The fourth-order valence-corrected chi connectivity index (χ4v) is 1.77. The lowest BCUT2D eigenvalue weighted by Crippen LogP contribution is -2.22. The van der Waals surface area contributed by atoms with E-state index in [0.717, 1.165) is 17.2 Å². The third kappa shape index (κ3) is 4.04. The van der Waals surface area contributed by atoms with Crippen LogP contribution in [0.1, 0.15) is 27.2 Å². The molecule has 0 spiro atoms. The van der Waals surface area contributed by atoms with Crippen LogP contribution in [0, 0.1) is 6.92 Å². The van der Waals surface area contributed by atoms with Crippen LogP contribution in [0.15, 0.2) is 41.1 Å². The van der Waals surface area contributed by atoms with Crippen LogP contribution >= 0.6 is 0 Å². The molecule has 0 radical (unpaired) electrons. The number of carbonyl (C=O) groups is 2. The van der Waals surface area contributed by atoms with E-state index in [1.807, 2.05) is 6.07 Å². The van der Waals surface area contributed by atoms with E-state index in [1.54, 1.807) is 25.1 Å². The van der Waals surface area contributed by atoms with Gasteiger partial charge in [-0.1, -0.05) is 23.4 Å². The predicted octanol–water partition coefficient (Wildman–Crippen LogP) is 2.01. The van der Waals surface area contributed by atoms with Crippen molar-refractivity contribution in [3.05, 3.63) is 59.0 Å². The number of aliphatic carboxylic acids is 1. The summed E-state index contributed by atoms with van der Waals surface area (Å²) in [7, 11) is 0. The van der Waals surface area contributed by atoms with E-state index < -0.39 is 5.97 Å². The second-order valence-electron chi connectivity index (χ2n) is 4.39. The molecule has 1 heterocycles. The van der Waals surface area contributed by atoms with Crippen molar-refractivity contribution in [1.29, 1.82) is 0 Å². The maximum atomic E-state index is 11.9. The Bertz CT molecular complexity index is 688. The molecule has 6 nitrogen and oxygen atoms in total. The Hall–Kier alpha value is -2.89. The van der Waals surface area contributed by atoms with Crippen molar-refractivity contribution in [3.63, 3.8) is 0 Å². The van der Waals surface area contributed by atoms with Crippen LogP contribution in [0.4, 0.5) is 0 Å². The van der Waals surface area contributed by atoms with Crippen LogP contribution in [0.25, 0.3) is 6.08 Å². The van der Waals surface area contributed by atoms with Gasteiger partial charge in [0.25, 0.3) is 5.91 Å². The summed E-state index contributed by atoms with van der Waals surface area (Å²) in [6.45, 7) is 2.00. The quantitative estimate of drug-likeness (QED) is 0.820. The van der Waals surface area contributed by atoms with Crippen molar-refractivity contribution in [2.24, 2.45) is 0 Å². The van der Waals surface area contributed by atoms with Crippen LogP contribution in [-0.4, -0.2) is 22.1 Å². The molecule has 0 fully saturated rings. The average molecular weight is 286 g/mol. The minimum absolute atomic E-state index is 0.264. The van der Waals surface area contributed by atoms with E-state index in [2.05, 4.69) is 10.5 Å². The number of aromatic nitrogens is 1. The Morgan fingerprint density at radius 2 is 2.24 bits per heavy atom. The summed E-state index contributed by atoms with van der Waals surface area (Å²) in [6.07, 6.45) is 3.94. The maximum Gasteiger partial charge on any atom is 0.328 e. The van der Waals surface area contributed by atoms with Crippen molar-refractivity contribution in [1.82, 2.24) is 10.5 Å². The highest BCUT2D eigenvalue weighted by Crippen LogP contribution is 2.09. The first kappa shape index (κ1) is 14.5. The molecule has 108 valence electrons. The molecule has 0 aliphatic carbocycles. The van der Waals surface area contributed by atoms with Gasteiger partial charge in [0.2, 0.25) is 0 Å². The summed E-state index contributed by atoms with van der Waals surface area (Å²) in [5, 5.41) is 14.9. The Labute approximate surface area is 121 Å². The third-order valence-electron chi connectivity index (χ3n) is 2.82. The van der Waals surface area contributed by atoms with Crippen molar-refractivity contribution in [3.8, 4) is 0 Å². The minimum Gasteiger partial charge on any atom is -0.478 e. The predicted molar refractivity (Wildman–Crippen MR) is 75.5 cm³/mol. The van der Waals surface area contributed by atoms with Gasteiger partial charge >= 0.3 is 5.97 Å². The second-order valence-corrected chi connectivity index (χ2v) is 4.39. The molecule has 2 N–H and O–H groups in total. The van der Waals surface area contributed by atoms with Crippen LogP contribution in [0.3, 0.4) is 0 Å². The molecule has 1 aromatic heterocycles. The van der Waals surface area contributed by atoms with Gasteiger partial charge in [-0.3, -0.25) is 4.79 Å². The summed E-state index contributed by atoms with van der Waals surface area (Å²) in [6, 6.07) is 7.24. The molecule has 0 atom stereocenters. The summed E-state index contributed by atoms with van der Waals surface area (Å²) >= 11 is 0. The van der Waals surface area contributed by atoms with E-state index in [9.17, 15) is 9.59 Å². The molecule has 0 saturated heterocycles. The number of hydrogen-bond donors (Lipinski definition) is 2. The van der Waals surface area contributed by atoms with Crippen LogP contribution in [0.5, 0.6) is 0 Å². The zero-order valence-electron chi connectivity index (χ0n) is 11.4. The Morgan fingerprint density at radius 3 is 2.90 bits per heavy atom. The molecule has 1 aromatic carbocycles. The summed E-state index contributed by atoms with van der Waals surface area (Å²) in [5.41, 5.74) is 2.02. The fraction of sp³-hybridized carbons (Fsp3) is 0.133. The van der Waals surface area contributed by atoms with Gasteiger partial charge in [-0.15, -0.1) is 0 Å². The van der Waals surface area contributed by atoms with Gasteiger partial charge in [0.1, 0.15) is 11.3 Å². The Kier molecular flexibility index (Phi) is 4.50. The number of carboxylic acid groups (broad SMARTS) is 1. The second kappa shape index (κ2) is 6.51. The van der Waals surface area contributed by atoms with E-state index in [1.165, 1.54) is 12.3 Å². The lowest BCUT2D eigenvalue weighted by molar-refractivity contribution is -0.131. The lowest BCUT2D eigenvalue weighted by atomic mass is 10.1. The molecule has 2 aromatic rings. The van der Waals surface area contributed by atoms with Gasteiger partial charge < -0.3 is 14.9 Å². The minimum atomic E-state index is -1.00. The third-order valence-corrected chi connectivity index (χ3v) is 2.82. The highest BCUT2D eigenvalue weighted by atomic mass is 16.5. The van der Waals surface area contributed by atoms with Crippen molar-refractivity contribution >= 4 is 18.0 Å². The lowest BCUT2D eigenvalue weighted by Gasteiger charge is -2.05. The molecule has 0 aliphatic heterocycles. The van der Waals surface area contributed by atoms with E-state index >= 15 is 0 Å². The van der Waals surface area contributed by atoms with E-state index in [4.69, 9.17) is 9.63 Å². The summed E-state index contributed by atoms with van der Waals surface area (Å²) < 4.78 is 4.84. The highest BCUT2D eigenvalue weighted by Gasteiger charge is 2.12. The van der Waals surface area contributed by atoms with E-state index in [0.29, 0.717) is 17.9 Å². The number of carbonyl (C=O) groups excluding carboxylic acids is 1. The van der Waals surface area contributed by atoms with E-state index in [-0.39, 0.29) is 5.91 Å². The van der Waals surface area contributed by atoms with Crippen LogP contribution in [0.2, 0.25) is 0 Å². The first-order chi connectivity index (χ1) is 10.1. The van der Waals surface area contributed by atoms with Crippen LogP contribution in [-0.2, 0) is 11.3 Å². The number of nitrogens with zero attached hydrogens (tertiary/aromatic N) is 1. The van der Waals surface area contributed by atoms with Crippen molar-refractivity contribution in [2.75, 3.05) is 0 Å². The molecule has 0 aliphatic rings. The average Bonchev–Trinajstić information content (AvgIpc) is 2.89. The molecule has 0 saturated carbocycles. The summed E-state index contributed by atoms with van der Waals surface area (Å²) in [4.78, 5) is 22.4. The van der Waals surface area contributed by atoms with Gasteiger partial charge in [0.15, 0.2) is 0 Å². The first-order valence-corrected chi connectivity index (χ1v) is 6.25. The number of carboxylic acids is 1. The van der Waals surface area contributed by atoms with Gasteiger partial charge in [0.05, 0.1) is 6.20 Å². The SMILES string of the molecule is Cc1oncc1C(=O)NCc1cccc(C=CC(=O)O)c1. The zero-order chi connectivity index (χ0) is 15.2. The number of nitrogens with one attached hydrogen (secondary N) is 1. The molecule has 0 bridgehead atoms. The Balaban J connectivity index is 2.00. The van der Waals surface area contributed by atoms with Crippen molar-refractivity contribution in [2.45, 2.75) is 13.5 Å². The zero-order valence-corrected chi connectivity index (χ0v) is 11.4. The topological polar surface area (TPSA) is 92.4 Å². The number of rotatable bonds is 5. The first-order valence-electron chi connectivity index (χ1n) is 6.25. The van der Waals surface area contributed by atoms with Gasteiger partial charge in [0, 0.05) is 12.6 Å². The van der Waals surface area contributed by atoms with Gasteiger partial charge in [-0.2, -0.15) is 0 Å². The molecule has 6 heteroatoms. The number of amides is 1. The summed E-state index contributed by atoms with van der Waals surface area (Å²) in [5.74, 6) is -0.803. The molecule has 0 unspecified atom stereocenters.